The van der Waals surface area contributed by atoms with Crippen molar-refractivity contribution in [1.29, 1.82) is 0 Å². The van der Waals surface area contributed by atoms with Crippen molar-refractivity contribution in [3.05, 3.63) is 84.1 Å². The summed E-state index contributed by atoms with van der Waals surface area (Å²) >= 11 is 0. The van der Waals surface area contributed by atoms with E-state index in [9.17, 15) is 31.2 Å². The maximum Gasteiger partial charge on any atom is 0.491 e. The van der Waals surface area contributed by atoms with Crippen LogP contribution < -0.4 is 20.5 Å². The first kappa shape index (κ1) is 39.8. The molecule has 16 heteroatoms. The fraction of sp³-hybridized carbons (Fsp3) is 0.368. The lowest BCUT2D eigenvalue weighted by atomic mass is 9.93. The number of anilines is 2. The Morgan fingerprint density at radius 1 is 1.00 bits per heavy atom. The Kier molecular flexibility index (Phi) is 11.7. The average molecular weight is 771 g/mol. The lowest BCUT2D eigenvalue weighted by Gasteiger charge is -2.33. The molecule has 0 bridgehead atoms. The second-order valence-corrected chi connectivity index (χ2v) is 15.7. The normalized spacial score (nSPS) is 16.7. The van der Waals surface area contributed by atoms with Crippen molar-refractivity contribution in [3.63, 3.8) is 0 Å². The number of fused-ring (bicyclic) bond motifs is 1. The minimum absolute atomic E-state index is 0.0124. The number of carbonyl (C=O) groups is 3. The van der Waals surface area contributed by atoms with E-state index < -0.39 is 57.1 Å². The molecule has 2 heterocycles. The predicted octanol–water partition coefficient (Wildman–Crippen LogP) is 6.56. The average Bonchev–Trinajstić information content (AvgIpc) is 3.56. The maximum absolute atomic E-state index is 15.0. The fourth-order valence-corrected chi connectivity index (χ4v) is 7.66. The highest BCUT2D eigenvalue weighted by molar-refractivity contribution is 7.92. The molecule has 0 aliphatic carbocycles. The zero-order valence-electron chi connectivity index (χ0n) is 30.2. The molecule has 3 N–H and O–H groups in total. The summed E-state index contributed by atoms with van der Waals surface area (Å²) in [4.78, 5) is 45.4. The van der Waals surface area contributed by atoms with Crippen LogP contribution in [0.4, 0.5) is 24.7 Å². The maximum atomic E-state index is 15.0. The number of nitrogens with one attached hydrogen (secondary N) is 1. The molecule has 0 saturated carbocycles. The van der Waals surface area contributed by atoms with E-state index in [-0.39, 0.29) is 36.1 Å². The van der Waals surface area contributed by atoms with E-state index >= 15 is 4.79 Å². The molecule has 3 atom stereocenters. The van der Waals surface area contributed by atoms with E-state index in [0.717, 1.165) is 0 Å². The molecule has 1 aromatic heterocycles. The number of benzene rings is 3. The number of nitrogens with zero attached hydrogens (tertiary/aromatic N) is 2. The van der Waals surface area contributed by atoms with Crippen molar-refractivity contribution in [2.75, 3.05) is 24.2 Å². The van der Waals surface area contributed by atoms with Crippen molar-refractivity contribution in [1.82, 2.24) is 9.88 Å². The van der Waals surface area contributed by atoms with Crippen molar-refractivity contribution in [3.8, 4) is 11.5 Å². The molecule has 1 amide bonds. The smallest absolute Gasteiger partial charge is 0.490 e. The van der Waals surface area contributed by atoms with E-state index in [0.29, 0.717) is 39.3 Å². The largest absolute Gasteiger partial charge is 0.491 e. The van der Waals surface area contributed by atoms with E-state index in [1.165, 1.54) is 49.2 Å². The number of nitrogen functional groups attached to an aromatic ring is 1. The van der Waals surface area contributed by atoms with Crippen LogP contribution in [-0.2, 0) is 29.0 Å². The van der Waals surface area contributed by atoms with Crippen LogP contribution in [0.2, 0.25) is 0 Å². The molecule has 2 unspecified atom stereocenters. The molecule has 288 valence electrons. The third-order valence-electron chi connectivity index (χ3n) is 8.89. The number of pyridine rings is 1. The van der Waals surface area contributed by atoms with Gasteiger partial charge in [0.05, 0.1) is 34.8 Å². The number of hydrogen-bond acceptors (Lipinski definition) is 11. The number of esters is 2. The van der Waals surface area contributed by atoms with Gasteiger partial charge in [0.25, 0.3) is 0 Å². The van der Waals surface area contributed by atoms with Crippen molar-refractivity contribution < 1.29 is 50.2 Å². The van der Waals surface area contributed by atoms with Gasteiger partial charge in [-0.15, -0.1) is 0 Å². The molecule has 1 aliphatic heterocycles. The van der Waals surface area contributed by atoms with Gasteiger partial charge in [0.2, 0.25) is 5.91 Å². The van der Waals surface area contributed by atoms with Crippen molar-refractivity contribution in [2.45, 2.75) is 75.5 Å². The van der Waals surface area contributed by atoms with Gasteiger partial charge in [-0.1, -0.05) is 24.3 Å². The third-order valence-corrected chi connectivity index (χ3v) is 11.1. The standard InChI is InChI=1S/C38H41F3N4O8S/c1-6-51-30-20-24(11-14-29(30)52-21(2)3)32(44-25-12-13-26-23(19-25)15-17-43-34(26)42)35(46)45-18-16-28(36(47)53-37(48)38(39,40)41)33(45)27-9-7-8-10-31(27)54(49,50)22(4)5/h7-15,17,19-22,28,32-33,44H,6,16,18H2,1-5H3,(H2,42,43)/t28?,32-,33?/m1/s1. The molecule has 54 heavy (non-hydrogen) atoms. The number of aromatic nitrogens is 1. The van der Waals surface area contributed by atoms with Gasteiger partial charge in [-0.2, -0.15) is 13.2 Å². The molecule has 1 aliphatic rings. The number of nitrogens with two attached hydrogens (primary N) is 1. The first-order chi connectivity index (χ1) is 25.4. The molecule has 3 aromatic carbocycles. The van der Waals surface area contributed by atoms with Crippen LogP contribution >= 0.6 is 0 Å². The molecular formula is C38H41F3N4O8S. The topological polar surface area (TPSA) is 167 Å². The van der Waals surface area contributed by atoms with Crippen molar-refractivity contribution >= 4 is 50.0 Å². The lowest BCUT2D eigenvalue weighted by molar-refractivity contribution is -0.203. The van der Waals surface area contributed by atoms with Gasteiger partial charge in [-0.25, -0.2) is 18.2 Å². The van der Waals surface area contributed by atoms with Crippen LogP contribution in [-0.4, -0.2) is 66.8 Å². The number of halogens is 3. The minimum atomic E-state index is -5.47. The minimum Gasteiger partial charge on any atom is -0.490 e. The summed E-state index contributed by atoms with van der Waals surface area (Å²) < 4.78 is 83.0. The first-order valence-electron chi connectivity index (χ1n) is 17.2. The quantitative estimate of drug-likeness (QED) is 0.118. The van der Waals surface area contributed by atoms with E-state index in [1.807, 2.05) is 13.8 Å². The SMILES string of the molecule is CCOc1cc([C@@H](Nc2ccc3c(N)nccc3c2)C(=O)N2CCC(C(=O)OC(=O)C(F)(F)F)C2c2ccccc2S(=O)(=O)C(C)C)ccc1OC(C)C. The van der Waals surface area contributed by atoms with E-state index in [4.69, 9.17) is 15.2 Å². The second-order valence-electron chi connectivity index (χ2n) is 13.2. The number of rotatable bonds is 12. The number of sulfone groups is 1. The van der Waals surface area contributed by atoms with E-state index in [2.05, 4.69) is 15.0 Å². The first-order valence-corrected chi connectivity index (χ1v) is 18.8. The van der Waals surface area contributed by atoms with Crippen LogP contribution in [0.15, 0.2) is 77.8 Å². The van der Waals surface area contributed by atoms with Crippen molar-refractivity contribution in [2.24, 2.45) is 5.92 Å². The van der Waals surface area contributed by atoms with Gasteiger partial charge < -0.3 is 30.2 Å². The molecule has 0 radical (unpaired) electrons. The summed E-state index contributed by atoms with van der Waals surface area (Å²) in [6.07, 6.45) is -4.39. The number of likely N-dealkylation sites (tertiary alicyclic amines) is 1. The summed E-state index contributed by atoms with van der Waals surface area (Å²) in [7, 11) is -4.06. The summed E-state index contributed by atoms with van der Waals surface area (Å²) in [6.45, 7) is 8.43. The van der Waals surface area contributed by atoms with Gasteiger partial charge in [0.15, 0.2) is 21.3 Å². The highest BCUT2D eigenvalue weighted by Gasteiger charge is 2.49. The Morgan fingerprint density at radius 2 is 1.72 bits per heavy atom. The predicted molar refractivity (Wildman–Crippen MR) is 194 cm³/mol. The third kappa shape index (κ3) is 8.38. The number of carbonyl (C=O) groups excluding carboxylic acids is 3. The van der Waals surface area contributed by atoms with Crippen LogP contribution in [0.5, 0.6) is 11.5 Å². The number of hydrogen-bond donors (Lipinski definition) is 2. The van der Waals surface area contributed by atoms with Gasteiger partial charge in [0, 0.05) is 23.8 Å². The molecule has 0 spiro atoms. The second kappa shape index (κ2) is 15.9. The van der Waals surface area contributed by atoms with Crippen LogP contribution in [0.3, 0.4) is 0 Å². The fourth-order valence-electron chi connectivity index (χ4n) is 6.37. The Labute approximate surface area is 310 Å². The van der Waals surface area contributed by atoms with Crippen LogP contribution in [0.25, 0.3) is 10.8 Å². The molecule has 5 rings (SSSR count). The Morgan fingerprint density at radius 3 is 2.39 bits per heavy atom. The summed E-state index contributed by atoms with van der Waals surface area (Å²) in [5, 5.41) is 3.70. The molecule has 4 aromatic rings. The number of alkyl halides is 3. The number of amides is 1. The van der Waals surface area contributed by atoms with Crippen LogP contribution in [0.1, 0.15) is 64.3 Å². The summed E-state index contributed by atoms with van der Waals surface area (Å²) in [6, 6.07) is 14.8. The van der Waals surface area contributed by atoms with Gasteiger partial charge >= 0.3 is 18.1 Å². The Hall–Kier alpha value is -5.38. The lowest BCUT2D eigenvalue weighted by Crippen LogP contribution is -2.40. The summed E-state index contributed by atoms with van der Waals surface area (Å²) in [5.41, 5.74) is 6.90. The molecule has 12 nitrogen and oxygen atoms in total. The van der Waals surface area contributed by atoms with Gasteiger partial charge in [-0.3, -0.25) is 9.59 Å². The highest BCUT2D eigenvalue weighted by Crippen LogP contribution is 2.44. The van der Waals surface area contributed by atoms with Gasteiger partial charge in [0.1, 0.15) is 11.9 Å². The van der Waals surface area contributed by atoms with Gasteiger partial charge in [-0.05, 0) is 100 Å². The summed E-state index contributed by atoms with van der Waals surface area (Å²) in [5.74, 6) is -5.43. The number of ether oxygens (including phenoxy) is 3. The van der Waals surface area contributed by atoms with E-state index in [1.54, 1.807) is 49.4 Å². The molecule has 1 saturated heterocycles. The zero-order chi connectivity index (χ0) is 39.5. The Bertz CT molecular complexity index is 2160. The zero-order valence-corrected chi connectivity index (χ0v) is 31.0. The molecular weight excluding hydrogens is 729 g/mol. The molecule has 1 fully saturated rings. The highest BCUT2D eigenvalue weighted by atomic mass is 32.2. The Balaban J connectivity index is 1.67. The monoisotopic (exact) mass is 770 g/mol. The van der Waals surface area contributed by atoms with Crippen LogP contribution in [0, 0.1) is 5.92 Å².